The predicted molar refractivity (Wildman–Crippen MR) is 139 cm³/mol. The number of hydrogen-bond donors (Lipinski definition) is 1. The van der Waals surface area contributed by atoms with E-state index in [4.69, 9.17) is 14.2 Å². The fourth-order valence-corrected chi connectivity index (χ4v) is 8.16. The van der Waals surface area contributed by atoms with E-state index in [1.807, 2.05) is 18.2 Å². The minimum absolute atomic E-state index is 0.0167. The molecule has 1 fully saturated rings. The van der Waals surface area contributed by atoms with E-state index < -0.39 is 22.0 Å². The Balaban J connectivity index is 1.79. The van der Waals surface area contributed by atoms with Crippen LogP contribution in [-0.4, -0.2) is 65.6 Å². The first-order chi connectivity index (χ1) is 16.8. The second-order valence-corrected chi connectivity index (χ2v) is 12.2. The number of carbonyl (C=O) groups excluding carboxylic acids is 2. The zero-order chi connectivity index (χ0) is 25.2. The third-order valence-electron chi connectivity index (χ3n) is 5.81. The Hall–Kier alpha value is -2.41. The molecule has 0 amide bonds. The van der Waals surface area contributed by atoms with Crippen molar-refractivity contribution < 1.29 is 32.2 Å². The summed E-state index contributed by atoms with van der Waals surface area (Å²) in [5, 5.41) is 4.17. The summed E-state index contributed by atoms with van der Waals surface area (Å²) >= 11 is 2.62. The predicted octanol–water partition coefficient (Wildman–Crippen LogP) is 3.75. The van der Waals surface area contributed by atoms with Crippen molar-refractivity contribution in [3.63, 3.8) is 0 Å². The number of sulfonamides is 1. The van der Waals surface area contributed by atoms with Crippen LogP contribution in [0.5, 0.6) is 5.75 Å². The van der Waals surface area contributed by atoms with E-state index in [1.165, 1.54) is 29.8 Å². The van der Waals surface area contributed by atoms with Gasteiger partial charge in [-0.1, -0.05) is 0 Å². The zero-order valence-electron chi connectivity index (χ0n) is 19.8. The third kappa shape index (κ3) is 5.11. The summed E-state index contributed by atoms with van der Waals surface area (Å²) in [6, 6.07) is 5.49. The van der Waals surface area contributed by atoms with E-state index >= 15 is 0 Å². The van der Waals surface area contributed by atoms with E-state index in [0.717, 1.165) is 40.7 Å². The lowest BCUT2D eigenvalue weighted by molar-refractivity contribution is -0.145. The van der Waals surface area contributed by atoms with E-state index in [0.29, 0.717) is 10.4 Å². The van der Waals surface area contributed by atoms with Gasteiger partial charge in [0, 0.05) is 16.1 Å². The van der Waals surface area contributed by atoms with Gasteiger partial charge in [-0.3, -0.25) is 4.31 Å². The Morgan fingerprint density at radius 1 is 1.14 bits per heavy atom. The molecule has 4 rings (SSSR count). The lowest BCUT2D eigenvalue weighted by atomic mass is 10.1. The summed E-state index contributed by atoms with van der Waals surface area (Å²) in [5.41, 5.74) is 0.627. The molecule has 0 unspecified atom stereocenters. The number of thiophene rings is 2. The molecule has 0 radical (unpaired) electrons. The molecule has 1 saturated heterocycles. The van der Waals surface area contributed by atoms with Gasteiger partial charge in [-0.15, -0.1) is 22.7 Å². The van der Waals surface area contributed by atoms with Crippen LogP contribution in [0.15, 0.2) is 18.2 Å². The summed E-state index contributed by atoms with van der Waals surface area (Å²) < 4.78 is 45.7. The van der Waals surface area contributed by atoms with Crippen LogP contribution in [0.1, 0.15) is 36.4 Å². The molecule has 0 atom stereocenters. The molecule has 0 spiro atoms. The number of fused-ring (bicyclic) bond motifs is 3. The zero-order valence-corrected chi connectivity index (χ0v) is 22.2. The standard InChI is InChI=1S/C23H28N2O7S3/c1-4-31-18(26)13-32-19-21-20(34-22(19)23(27)30-3)16-7-6-15(12-17(16)33-21)25(35(28,29)5-2)14-8-10-24-11-9-14/h6-7,12,14,24H,4-5,8-11,13H2,1-3H3. The maximum atomic E-state index is 13.1. The maximum absolute atomic E-state index is 13.1. The van der Waals surface area contributed by atoms with E-state index in [9.17, 15) is 18.0 Å². The Kier molecular flexibility index (Phi) is 7.84. The van der Waals surface area contributed by atoms with Crippen LogP contribution in [-0.2, 0) is 24.3 Å². The van der Waals surface area contributed by atoms with Crippen molar-refractivity contribution in [1.82, 2.24) is 5.32 Å². The number of esters is 2. The van der Waals surface area contributed by atoms with Gasteiger partial charge < -0.3 is 19.5 Å². The van der Waals surface area contributed by atoms with E-state index in [2.05, 4.69) is 5.32 Å². The van der Waals surface area contributed by atoms with Gasteiger partial charge in [0.15, 0.2) is 17.2 Å². The number of carbonyl (C=O) groups is 2. The third-order valence-corrected chi connectivity index (χ3v) is 10.1. The number of rotatable bonds is 9. The molecular formula is C23H28N2O7S3. The number of piperidine rings is 1. The molecule has 1 aliphatic heterocycles. The fourth-order valence-electron chi connectivity index (χ4n) is 4.17. The van der Waals surface area contributed by atoms with Crippen molar-refractivity contribution in [2.24, 2.45) is 0 Å². The average molecular weight is 541 g/mol. The molecular weight excluding hydrogens is 512 g/mol. The van der Waals surface area contributed by atoms with Crippen LogP contribution in [0.3, 0.4) is 0 Å². The fraction of sp³-hybridized carbons (Fsp3) is 0.478. The minimum Gasteiger partial charge on any atom is -0.479 e. The Morgan fingerprint density at radius 3 is 2.54 bits per heavy atom. The summed E-state index contributed by atoms with van der Waals surface area (Å²) in [4.78, 5) is 24.5. The first-order valence-corrected chi connectivity index (χ1v) is 14.6. The number of nitrogens with one attached hydrogen (secondary N) is 1. The molecule has 1 aromatic carbocycles. The van der Waals surface area contributed by atoms with Crippen molar-refractivity contribution in [3.8, 4) is 5.75 Å². The first-order valence-electron chi connectivity index (χ1n) is 11.4. The number of nitrogens with zero attached hydrogens (tertiary/aromatic N) is 1. The number of ether oxygens (including phenoxy) is 3. The van der Waals surface area contributed by atoms with Crippen LogP contribution in [0.2, 0.25) is 0 Å². The highest BCUT2D eigenvalue weighted by molar-refractivity contribution is 7.92. The van der Waals surface area contributed by atoms with Crippen molar-refractivity contribution in [2.75, 3.05) is 43.5 Å². The summed E-state index contributed by atoms with van der Waals surface area (Å²) in [5.74, 6) is -0.784. The molecule has 1 N–H and O–H groups in total. The Bertz CT molecular complexity index is 1340. The van der Waals surface area contributed by atoms with Crippen molar-refractivity contribution in [1.29, 1.82) is 0 Å². The topological polar surface area (TPSA) is 111 Å². The van der Waals surface area contributed by atoms with Gasteiger partial charge in [0.25, 0.3) is 0 Å². The van der Waals surface area contributed by atoms with E-state index in [1.54, 1.807) is 18.2 Å². The Labute approximate surface area is 212 Å². The van der Waals surface area contributed by atoms with Crippen molar-refractivity contribution in [3.05, 3.63) is 23.1 Å². The molecule has 0 aliphatic carbocycles. The normalized spacial score (nSPS) is 14.8. The first kappa shape index (κ1) is 25.7. The van der Waals surface area contributed by atoms with Crippen LogP contribution in [0.25, 0.3) is 19.5 Å². The highest BCUT2D eigenvalue weighted by Gasteiger charge is 2.31. The number of benzene rings is 1. The number of hydrogen-bond acceptors (Lipinski definition) is 10. The molecule has 9 nitrogen and oxygen atoms in total. The molecule has 0 saturated carbocycles. The molecule has 1 aliphatic rings. The molecule has 3 heterocycles. The van der Waals surface area contributed by atoms with Crippen molar-refractivity contribution >= 4 is 69.8 Å². The highest BCUT2D eigenvalue weighted by Crippen LogP contribution is 2.48. The SMILES string of the molecule is CCOC(=O)COc1c(C(=O)OC)sc2c1sc1cc(N(C3CCNCC3)S(=O)(=O)CC)ccc12. The van der Waals surface area contributed by atoms with Crippen molar-refractivity contribution in [2.45, 2.75) is 32.7 Å². The molecule has 2 aromatic heterocycles. The smallest absolute Gasteiger partial charge is 0.351 e. The van der Waals surface area contributed by atoms with Gasteiger partial charge in [0.2, 0.25) is 10.0 Å². The van der Waals surface area contributed by atoms with Gasteiger partial charge in [0.1, 0.15) is 0 Å². The molecule has 3 aromatic rings. The lowest BCUT2D eigenvalue weighted by Crippen LogP contribution is -2.46. The second-order valence-electron chi connectivity index (χ2n) is 7.96. The molecule has 12 heteroatoms. The quantitative estimate of drug-likeness (QED) is 0.409. The Morgan fingerprint density at radius 2 is 1.89 bits per heavy atom. The highest BCUT2D eigenvalue weighted by atomic mass is 32.2. The van der Waals surface area contributed by atoms with Crippen LogP contribution >= 0.6 is 22.7 Å². The molecule has 0 bridgehead atoms. The monoisotopic (exact) mass is 540 g/mol. The largest absolute Gasteiger partial charge is 0.479 e. The van der Waals surface area contributed by atoms with Gasteiger partial charge in [-0.2, -0.15) is 0 Å². The van der Waals surface area contributed by atoms with Crippen LogP contribution in [0.4, 0.5) is 5.69 Å². The summed E-state index contributed by atoms with van der Waals surface area (Å²) in [6.45, 7) is 4.80. The van der Waals surface area contributed by atoms with Crippen LogP contribution < -0.4 is 14.4 Å². The van der Waals surface area contributed by atoms with Crippen LogP contribution in [0, 0.1) is 0 Å². The van der Waals surface area contributed by atoms with Gasteiger partial charge >= 0.3 is 11.9 Å². The lowest BCUT2D eigenvalue weighted by Gasteiger charge is -2.35. The van der Waals surface area contributed by atoms with Gasteiger partial charge in [-0.25, -0.2) is 18.0 Å². The minimum atomic E-state index is -3.48. The van der Waals surface area contributed by atoms with E-state index in [-0.39, 0.29) is 35.6 Å². The average Bonchev–Trinajstić information content (AvgIpc) is 3.38. The molecule has 35 heavy (non-hydrogen) atoms. The summed E-state index contributed by atoms with van der Waals surface area (Å²) in [7, 11) is -2.19. The van der Waals surface area contributed by atoms with Gasteiger partial charge in [-0.05, 0) is 58.0 Å². The number of anilines is 1. The molecule has 190 valence electrons. The summed E-state index contributed by atoms with van der Waals surface area (Å²) in [6.07, 6.45) is 1.48. The number of methoxy groups -OCH3 is 1. The van der Waals surface area contributed by atoms with Gasteiger partial charge in [0.05, 0.1) is 34.6 Å². The maximum Gasteiger partial charge on any atom is 0.351 e. The second kappa shape index (κ2) is 10.7.